The maximum absolute atomic E-state index is 12.9. The van der Waals surface area contributed by atoms with Crippen molar-refractivity contribution in [3.8, 4) is 5.75 Å². The Bertz CT molecular complexity index is 981. The van der Waals surface area contributed by atoms with Gasteiger partial charge in [-0.05, 0) is 0 Å². The average molecular weight is 621 g/mol. The summed E-state index contributed by atoms with van der Waals surface area (Å²) in [5, 5.41) is 8.29. The molecule has 0 bridgehead atoms. The number of nitrogens with zero attached hydrogens (tertiary/aromatic N) is 2. The first-order valence-electron chi connectivity index (χ1n) is 13.6. The molecule has 36 heavy (non-hydrogen) atoms. The SMILES string of the molecule is CCC[CH2][Sn]([CH2]CCC)([CH2]CCC)/[C](=C/CCc1nnc(C)o1)c1cc(C)c(OC)c(C(=O)SC)c1. The van der Waals surface area contributed by atoms with Crippen LogP contribution in [0.15, 0.2) is 22.6 Å². The summed E-state index contributed by atoms with van der Waals surface area (Å²) in [5.41, 5.74) is 2.97. The predicted octanol–water partition coefficient (Wildman–Crippen LogP) is 8.60. The number of ether oxygens (including phenoxy) is 1. The molecule has 7 heteroatoms. The number of hydrogen-bond donors (Lipinski definition) is 0. The Labute approximate surface area is 227 Å². The van der Waals surface area contributed by atoms with Crippen molar-refractivity contribution < 1.29 is 13.9 Å². The fourth-order valence-corrected chi connectivity index (χ4v) is 22.7. The van der Waals surface area contributed by atoms with Gasteiger partial charge in [-0.15, -0.1) is 0 Å². The summed E-state index contributed by atoms with van der Waals surface area (Å²) in [6, 6.07) is 4.40. The quantitative estimate of drug-likeness (QED) is 0.175. The van der Waals surface area contributed by atoms with Crippen LogP contribution in [0, 0.1) is 13.8 Å². The van der Waals surface area contributed by atoms with E-state index in [1.54, 1.807) is 10.7 Å². The van der Waals surface area contributed by atoms with Crippen LogP contribution in [0.25, 0.3) is 3.59 Å². The van der Waals surface area contributed by atoms with Crippen LogP contribution in [0.1, 0.15) is 99.0 Å². The molecule has 1 aromatic carbocycles. The summed E-state index contributed by atoms with van der Waals surface area (Å²) in [7, 11) is 1.66. The molecular weight excluding hydrogens is 575 g/mol. The molecule has 1 aromatic heterocycles. The molecule has 0 N–H and O–H groups in total. The number of allylic oxidation sites excluding steroid dienone is 1. The van der Waals surface area contributed by atoms with E-state index < -0.39 is 18.4 Å². The van der Waals surface area contributed by atoms with Crippen LogP contribution < -0.4 is 4.74 Å². The second-order valence-electron chi connectivity index (χ2n) is 9.83. The zero-order valence-corrected chi connectivity index (χ0v) is 27.2. The maximum atomic E-state index is 12.9. The van der Waals surface area contributed by atoms with Crippen LogP contribution in [-0.4, -0.2) is 47.1 Å². The van der Waals surface area contributed by atoms with Gasteiger partial charge in [0.25, 0.3) is 0 Å². The average Bonchev–Trinajstić information content (AvgIpc) is 3.30. The molecule has 2 rings (SSSR count). The van der Waals surface area contributed by atoms with Crippen LogP contribution in [0.2, 0.25) is 13.3 Å². The molecule has 0 aliphatic carbocycles. The van der Waals surface area contributed by atoms with E-state index in [-0.39, 0.29) is 5.12 Å². The van der Waals surface area contributed by atoms with Crippen LogP contribution >= 0.6 is 11.8 Å². The van der Waals surface area contributed by atoms with E-state index in [0.29, 0.717) is 23.1 Å². The molecule has 5 nitrogen and oxygen atoms in total. The van der Waals surface area contributed by atoms with Gasteiger partial charge in [0, 0.05) is 0 Å². The van der Waals surface area contributed by atoms with Gasteiger partial charge in [-0.3, -0.25) is 0 Å². The minimum atomic E-state index is -2.83. The van der Waals surface area contributed by atoms with Crippen molar-refractivity contribution in [2.45, 2.75) is 99.3 Å². The second kappa shape index (κ2) is 15.9. The van der Waals surface area contributed by atoms with E-state index >= 15 is 0 Å². The van der Waals surface area contributed by atoms with Gasteiger partial charge >= 0.3 is 228 Å². The monoisotopic (exact) mass is 622 g/mol. The van der Waals surface area contributed by atoms with Gasteiger partial charge in [0.15, 0.2) is 0 Å². The van der Waals surface area contributed by atoms with Gasteiger partial charge in [-0.25, -0.2) is 0 Å². The molecule has 0 unspecified atom stereocenters. The van der Waals surface area contributed by atoms with Gasteiger partial charge in [-0.1, -0.05) is 0 Å². The van der Waals surface area contributed by atoms with Crippen molar-refractivity contribution >= 4 is 38.8 Å². The summed E-state index contributed by atoms with van der Waals surface area (Å²) < 4.78 is 17.0. The molecule has 0 spiro atoms. The predicted molar refractivity (Wildman–Crippen MR) is 156 cm³/mol. The number of unbranched alkanes of at least 4 members (excludes halogenated alkanes) is 3. The normalized spacial score (nSPS) is 12.2. The van der Waals surface area contributed by atoms with Gasteiger partial charge in [0.2, 0.25) is 0 Å². The van der Waals surface area contributed by atoms with Crippen LogP contribution in [0.3, 0.4) is 0 Å². The Morgan fingerprint density at radius 2 is 1.64 bits per heavy atom. The van der Waals surface area contributed by atoms with Crippen molar-refractivity contribution in [2.24, 2.45) is 0 Å². The summed E-state index contributed by atoms with van der Waals surface area (Å²) in [4.78, 5) is 12.9. The van der Waals surface area contributed by atoms with E-state index in [4.69, 9.17) is 9.15 Å². The molecule has 0 fully saturated rings. The van der Waals surface area contributed by atoms with E-state index in [1.807, 2.05) is 13.2 Å². The third-order valence-corrected chi connectivity index (χ3v) is 23.5. The standard InChI is InChI=1S/C17H19N2O3S.3C4H9.Sn/c1-11-9-13(10-14(16(11)21-3)17(20)23-4)7-5-6-8-15-19-18-12(2)22-15;3*1-3-4-2;/h5,9-10H,6,8H2,1-4H3;3*1,3-4H2,2H3;. The third-order valence-electron chi connectivity index (χ3n) is 7.07. The molecular formula is C29H46N2O3SSn. The molecule has 0 atom stereocenters. The molecule has 0 radical (unpaired) electrons. The number of aromatic nitrogens is 2. The first kappa shape index (κ1) is 30.9. The number of benzene rings is 1. The number of thioether (sulfide) groups is 1. The first-order valence-corrected chi connectivity index (χ1v) is 22.3. The molecule has 0 aliphatic heterocycles. The van der Waals surface area contributed by atoms with Crippen molar-refractivity contribution in [3.05, 3.63) is 46.7 Å². The van der Waals surface area contributed by atoms with Crippen LogP contribution in [0.4, 0.5) is 0 Å². The molecule has 2 aromatic rings. The number of methoxy groups -OCH3 is 1. The van der Waals surface area contributed by atoms with E-state index in [2.05, 4.69) is 56.1 Å². The Kier molecular flexibility index (Phi) is 13.6. The summed E-state index contributed by atoms with van der Waals surface area (Å²) in [5.74, 6) is 2.02. The molecule has 0 aliphatic rings. The number of carbonyl (C=O) groups excluding carboxylic acids is 1. The zero-order valence-electron chi connectivity index (χ0n) is 23.5. The minimum absolute atomic E-state index is 0.0639. The molecule has 0 amide bonds. The second-order valence-corrected chi connectivity index (χ2v) is 23.7. The van der Waals surface area contributed by atoms with Crippen molar-refractivity contribution in [3.63, 3.8) is 0 Å². The Hall–Kier alpha value is -1.28. The number of rotatable bonds is 16. The van der Waals surface area contributed by atoms with Crippen molar-refractivity contribution in [2.75, 3.05) is 13.4 Å². The molecule has 0 saturated carbocycles. The Morgan fingerprint density at radius 3 is 2.11 bits per heavy atom. The molecule has 1 heterocycles. The fraction of sp³-hybridized carbons (Fsp3) is 0.621. The molecule has 0 saturated heterocycles. The molecule has 200 valence electrons. The number of carbonyl (C=O) groups is 1. The number of aryl methyl sites for hydroxylation is 3. The fourth-order valence-electron chi connectivity index (χ4n) is 5.21. The Morgan fingerprint density at radius 1 is 1.03 bits per heavy atom. The van der Waals surface area contributed by atoms with Crippen molar-refractivity contribution in [1.29, 1.82) is 0 Å². The third kappa shape index (κ3) is 8.37. The van der Waals surface area contributed by atoms with Gasteiger partial charge in [-0.2, -0.15) is 0 Å². The van der Waals surface area contributed by atoms with Crippen LogP contribution in [0.5, 0.6) is 5.75 Å². The van der Waals surface area contributed by atoms with Crippen LogP contribution in [-0.2, 0) is 6.42 Å². The van der Waals surface area contributed by atoms with Gasteiger partial charge in [0.1, 0.15) is 0 Å². The summed E-state index contributed by atoms with van der Waals surface area (Å²) in [6.45, 7) is 10.8. The summed E-state index contributed by atoms with van der Waals surface area (Å²) >= 11 is -1.57. The van der Waals surface area contributed by atoms with E-state index in [0.717, 1.165) is 18.4 Å². The van der Waals surface area contributed by atoms with E-state index in [9.17, 15) is 4.79 Å². The number of hydrogen-bond acceptors (Lipinski definition) is 6. The Balaban J connectivity index is 2.69. The summed E-state index contributed by atoms with van der Waals surface area (Å²) in [6.07, 6.45) is 13.5. The van der Waals surface area contributed by atoms with E-state index in [1.165, 1.54) is 69.2 Å². The topological polar surface area (TPSA) is 65.2 Å². The van der Waals surface area contributed by atoms with Gasteiger partial charge in [0.05, 0.1) is 0 Å². The first-order chi connectivity index (χ1) is 17.3. The van der Waals surface area contributed by atoms with Crippen molar-refractivity contribution in [1.82, 2.24) is 10.2 Å². The zero-order chi connectivity index (χ0) is 26.6. The van der Waals surface area contributed by atoms with Gasteiger partial charge < -0.3 is 0 Å².